The third-order valence-electron chi connectivity index (χ3n) is 3.25. The molecule has 0 unspecified atom stereocenters. The fourth-order valence-electron chi connectivity index (χ4n) is 2.20. The van der Waals surface area contributed by atoms with E-state index in [1.165, 1.54) is 11.8 Å². The van der Waals surface area contributed by atoms with E-state index in [0.717, 1.165) is 9.79 Å². The monoisotopic (exact) mass is 285 g/mol. The maximum Gasteiger partial charge on any atom is 0.336 e. The first-order valence-electron chi connectivity index (χ1n) is 6.03. The number of carboxylic acids is 1. The van der Waals surface area contributed by atoms with Crippen molar-refractivity contribution in [1.82, 2.24) is 0 Å². The molecule has 4 nitrogen and oxygen atoms in total. The van der Waals surface area contributed by atoms with Crippen LogP contribution in [0.3, 0.4) is 0 Å². The van der Waals surface area contributed by atoms with Crippen molar-refractivity contribution in [3.05, 3.63) is 53.1 Å². The molecule has 100 valence electrons. The van der Waals surface area contributed by atoms with Crippen molar-refractivity contribution in [2.24, 2.45) is 0 Å². The van der Waals surface area contributed by atoms with E-state index in [9.17, 15) is 9.59 Å². The Hall–Kier alpha value is -2.27. The highest BCUT2D eigenvalue weighted by Gasteiger charge is 2.23. The van der Waals surface area contributed by atoms with Gasteiger partial charge in [0.2, 0.25) is 0 Å². The van der Waals surface area contributed by atoms with Gasteiger partial charge < -0.3 is 10.4 Å². The number of amides is 1. The molecule has 1 aliphatic rings. The van der Waals surface area contributed by atoms with Crippen LogP contribution in [0.2, 0.25) is 0 Å². The van der Waals surface area contributed by atoms with E-state index in [4.69, 9.17) is 5.11 Å². The second kappa shape index (κ2) is 4.68. The van der Waals surface area contributed by atoms with Crippen LogP contribution >= 0.6 is 11.8 Å². The number of carboxylic acid groups (broad SMARTS) is 1. The summed E-state index contributed by atoms with van der Waals surface area (Å²) < 4.78 is 0. The van der Waals surface area contributed by atoms with Crippen LogP contribution in [-0.4, -0.2) is 17.0 Å². The van der Waals surface area contributed by atoms with Gasteiger partial charge in [-0.05, 0) is 36.8 Å². The van der Waals surface area contributed by atoms with Gasteiger partial charge in [0.25, 0.3) is 5.91 Å². The Labute approximate surface area is 119 Å². The number of aromatic carboxylic acids is 1. The zero-order valence-corrected chi connectivity index (χ0v) is 11.5. The van der Waals surface area contributed by atoms with Crippen LogP contribution in [0.25, 0.3) is 0 Å². The summed E-state index contributed by atoms with van der Waals surface area (Å²) in [7, 11) is 0. The van der Waals surface area contributed by atoms with Gasteiger partial charge in [-0.15, -0.1) is 0 Å². The Balaban J connectivity index is 2.19. The van der Waals surface area contributed by atoms with Crippen molar-refractivity contribution in [3.8, 4) is 0 Å². The Morgan fingerprint density at radius 1 is 1.15 bits per heavy atom. The fourth-order valence-corrected chi connectivity index (χ4v) is 3.30. The van der Waals surface area contributed by atoms with Gasteiger partial charge >= 0.3 is 5.97 Å². The molecule has 0 radical (unpaired) electrons. The van der Waals surface area contributed by atoms with Crippen LogP contribution in [-0.2, 0) is 0 Å². The second-order valence-electron chi connectivity index (χ2n) is 4.47. The van der Waals surface area contributed by atoms with Crippen molar-refractivity contribution < 1.29 is 14.7 Å². The van der Waals surface area contributed by atoms with Gasteiger partial charge in [-0.2, -0.15) is 0 Å². The maximum absolute atomic E-state index is 12.2. The minimum atomic E-state index is -0.994. The van der Waals surface area contributed by atoms with Gasteiger partial charge in [0.15, 0.2) is 0 Å². The van der Waals surface area contributed by atoms with E-state index >= 15 is 0 Å². The highest BCUT2D eigenvalue weighted by atomic mass is 32.2. The first kappa shape index (κ1) is 12.7. The minimum Gasteiger partial charge on any atom is -0.478 e. The predicted octanol–water partition coefficient (Wildman–Crippen LogP) is 3.41. The third-order valence-corrected chi connectivity index (χ3v) is 4.38. The fraction of sp³-hybridized carbons (Fsp3) is 0.0667. The SMILES string of the molecule is Cc1c(C(=O)O)ccc2c1NC(=O)c1ccccc1S2. The van der Waals surface area contributed by atoms with Crippen LogP contribution in [0.4, 0.5) is 5.69 Å². The summed E-state index contributed by atoms with van der Waals surface area (Å²) in [5, 5.41) is 12.0. The molecule has 2 N–H and O–H groups in total. The molecule has 0 fully saturated rings. The van der Waals surface area contributed by atoms with Gasteiger partial charge in [-0.25, -0.2) is 4.79 Å². The number of hydrogen-bond donors (Lipinski definition) is 2. The van der Waals surface area contributed by atoms with Gasteiger partial charge in [0.05, 0.1) is 16.8 Å². The molecular formula is C15H11NO3S. The molecule has 2 aromatic rings. The smallest absolute Gasteiger partial charge is 0.336 e. The normalized spacial score (nSPS) is 12.9. The Kier molecular flexibility index (Phi) is 2.99. The summed E-state index contributed by atoms with van der Waals surface area (Å²) in [6.45, 7) is 1.71. The first-order chi connectivity index (χ1) is 9.58. The Bertz CT molecular complexity index is 740. The van der Waals surface area contributed by atoms with Crippen molar-refractivity contribution in [1.29, 1.82) is 0 Å². The molecule has 0 spiro atoms. The third kappa shape index (κ3) is 1.96. The lowest BCUT2D eigenvalue weighted by Crippen LogP contribution is -2.13. The summed E-state index contributed by atoms with van der Waals surface area (Å²) in [4.78, 5) is 25.1. The molecule has 0 aliphatic carbocycles. The molecule has 20 heavy (non-hydrogen) atoms. The topological polar surface area (TPSA) is 66.4 Å². The molecule has 2 aromatic carbocycles. The molecule has 1 amide bonds. The van der Waals surface area contributed by atoms with Gasteiger partial charge in [-0.3, -0.25) is 4.79 Å². The summed E-state index contributed by atoms with van der Waals surface area (Å²) in [6.07, 6.45) is 0. The predicted molar refractivity (Wildman–Crippen MR) is 76.7 cm³/mol. The largest absolute Gasteiger partial charge is 0.478 e. The first-order valence-corrected chi connectivity index (χ1v) is 6.84. The highest BCUT2D eigenvalue weighted by Crippen LogP contribution is 2.40. The molecule has 1 heterocycles. The molecule has 3 rings (SSSR count). The number of hydrogen-bond acceptors (Lipinski definition) is 3. The number of rotatable bonds is 1. The van der Waals surface area contributed by atoms with E-state index < -0.39 is 5.97 Å². The molecule has 0 bridgehead atoms. The summed E-state index contributed by atoms with van der Waals surface area (Å²) in [6, 6.07) is 10.6. The number of nitrogens with one attached hydrogen (secondary N) is 1. The Morgan fingerprint density at radius 2 is 1.90 bits per heavy atom. The lowest BCUT2D eigenvalue weighted by Gasteiger charge is -2.11. The number of carbonyl (C=O) groups is 2. The standard InChI is InChI=1S/C15H11NO3S/c1-8-9(15(18)19)6-7-12-13(8)16-14(17)10-4-2-3-5-11(10)20-12/h2-7H,1H3,(H,16,17)(H,18,19). The van der Waals surface area contributed by atoms with Crippen LogP contribution in [0.5, 0.6) is 0 Å². The Morgan fingerprint density at radius 3 is 2.65 bits per heavy atom. The molecule has 0 saturated carbocycles. The zero-order chi connectivity index (χ0) is 14.3. The van der Waals surface area contributed by atoms with Crippen molar-refractivity contribution >= 4 is 29.3 Å². The second-order valence-corrected chi connectivity index (χ2v) is 5.55. The average Bonchev–Trinajstić information content (AvgIpc) is 2.56. The van der Waals surface area contributed by atoms with E-state index in [1.54, 1.807) is 25.1 Å². The van der Waals surface area contributed by atoms with E-state index in [0.29, 0.717) is 16.8 Å². The van der Waals surface area contributed by atoms with Crippen LogP contribution in [0.1, 0.15) is 26.3 Å². The summed E-state index contributed by atoms with van der Waals surface area (Å²) >= 11 is 1.47. The minimum absolute atomic E-state index is 0.204. The molecule has 0 atom stereocenters. The quantitative estimate of drug-likeness (QED) is 0.842. The van der Waals surface area contributed by atoms with Crippen LogP contribution in [0, 0.1) is 6.92 Å². The average molecular weight is 285 g/mol. The van der Waals surface area contributed by atoms with Gasteiger partial charge in [0, 0.05) is 9.79 Å². The van der Waals surface area contributed by atoms with Crippen molar-refractivity contribution in [2.45, 2.75) is 16.7 Å². The number of fused-ring (bicyclic) bond motifs is 2. The number of benzene rings is 2. The van der Waals surface area contributed by atoms with Crippen LogP contribution < -0.4 is 5.32 Å². The lowest BCUT2D eigenvalue weighted by atomic mass is 10.1. The molecular weight excluding hydrogens is 274 g/mol. The van der Waals surface area contributed by atoms with Gasteiger partial charge in [0.1, 0.15) is 0 Å². The molecule has 5 heteroatoms. The molecule has 0 saturated heterocycles. The van der Waals surface area contributed by atoms with Crippen LogP contribution in [0.15, 0.2) is 46.2 Å². The maximum atomic E-state index is 12.2. The lowest BCUT2D eigenvalue weighted by molar-refractivity contribution is 0.0695. The molecule has 0 aromatic heterocycles. The summed E-state index contributed by atoms with van der Waals surface area (Å²) in [5.74, 6) is -1.20. The zero-order valence-electron chi connectivity index (χ0n) is 10.6. The van der Waals surface area contributed by atoms with E-state index in [1.807, 2.05) is 18.2 Å². The van der Waals surface area contributed by atoms with Crippen molar-refractivity contribution in [2.75, 3.05) is 5.32 Å². The number of anilines is 1. The number of carbonyl (C=O) groups excluding carboxylic acids is 1. The van der Waals surface area contributed by atoms with Gasteiger partial charge in [-0.1, -0.05) is 23.9 Å². The highest BCUT2D eigenvalue weighted by molar-refractivity contribution is 7.99. The van der Waals surface area contributed by atoms with E-state index in [-0.39, 0.29) is 11.5 Å². The van der Waals surface area contributed by atoms with Crippen molar-refractivity contribution in [3.63, 3.8) is 0 Å². The van der Waals surface area contributed by atoms with E-state index in [2.05, 4.69) is 5.32 Å². The summed E-state index contributed by atoms with van der Waals surface area (Å²) in [5.41, 5.74) is 1.96. The molecule has 1 aliphatic heterocycles.